The van der Waals surface area contributed by atoms with Crippen LogP contribution in [0.25, 0.3) is 0 Å². The molecule has 0 saturated carbocycles. The molecule has 0 spiro atoms. The van der Waals surface area contributed by atoms with Gasteiger partial charge in [-0.15, -0.1) is 0 Å². The number of rotatable bonds is 4. The van der Waals surface area contributed by atoms with Crippen molar-refractivity contribution in [3.8, 4) is 0 Å². The highest BCUT2D eigenvalue weighted by Crippen LogP contribution is 2.16. The van der Waals surface area contributed by atoms with Crippen LogP contribution in [0.4, 0.5) is 0 Å². The van der Waals surface area contributed by atoms with E-state index in [0.717, 1.165) is 51.6 Å². The number of nitrogens with one attached hydrogen (secondary N) is 1. The van der Waals surface area contributed by atoms with Crippen molar-refractivity contribution in [1.29, 1.82) is 0 Å². The Morgan fingerprint density at radius 1 is 1.29 bits per heavy atom. The molecule has 0 aromatic carbocycles. The summed E-state index contributed by atoms with van der Waals surface area (Å²) in [5.41, 5.74) is 3.66. The molecule has 1 aromatic rings. The molecular formula is C17H29N5O2. The van der Waals surface area contributed by atoms with Crippen LogP contribution in [0.1, 0.15) is 23.4 Å². The summed E-state index contributed by atoms with van der Waals surface area (Å²) in [5, 5.41) is 7.84. The predicted molar refractivity (Wildman–Crippen MR) is 91.8 cm³/mol. The molecule has 2 aliphatic rings. The van der Waals surface area contributed by atoms with Gasteiger partial charge in [0, 0.05) is 70.0 Å². The minimum Gasteiger partial charge on any atom is -0.378 e. The number of piperazine rings is 1. The molecule has 2 aliphatic heterocycles. The number of carbonyl (C=O) groups is 1. The zero-order chi connectivity index (χ0) is 17.1. The van der Waals surface area contributed by atoms with E-state index in [1.54, 1.807) is 0 Å². The fourth-order valence-corrected chi connectivity index (χ4v) is 3.52. The smallest absolute Gasteiger partial charge is 0.224 e. The van der Waals surface area contributed by atoms with Crippen LogP contribution in [0.15, 0.2) is 0 Å². The van der Waals surface area contributed by atoms with E-state index >= 15 is 0 Å². The molecule has 2 fully saturated rings. The molecule has 134 valence electrons. The van der Waals surface area contributed by atoms with Crippen molar-refractivity contribution in [2.45, 2.75) is 32.9 Å². The van der Waals surface area contributed by atoms with Crippen molar-refractivity contribution < 1.29 is 9.53 Å². The van der Waals surface area contributed by atoms with E-state index in [1.165, 1.54) is 11.3 Å². The maximum atomic E-state index is 12.4. The van der Waals surface area contributed by atoms with Gasteiger partial charge in [-0.3, -0.25) is 14.4 Å². The van der Waals surface area contributed by atoms with E-state index in [1.807, 2.05) is 16.6 Å². The number of aryl methyl sites for hydroxylation is 2. The molecule has 24 heavy (non-hydrogen) atoms. The number of nitrogens with zero attached hydrogens (tertiary/aromatic N) is 4. The van der Waals surface area contributed by atoms with Gasteiger partial charge in [0.2, 0.25) is 5.91 Å². The molecule has 0 bridgehead atoms. The van der Waals surface area contributed by atoms with Gasteiger partial charge >= 0.3 is 0 Å². The lowest BCUT2D eigenvalue weighted by molar-refractivity contribution is -0.134. The Bertz CT molecular complexity index is 572. The van der Waals surface area contributed by atoms with E-state index in [-0.39, 0.29) is 11.9 Å². The average molecular weight is 335 g/mol. The highest BCUT2D eigenvalue weighted by molar-refractivity contribution is 5.77. The second kappa shape index (κ2) is 7.63. The fraction of sp³-hybridized carbons (Fsp3) is 0.765. The third kappa shape index (κ3) is 3.96. The number of hydrogen-bond donors (Lipinski definition) is 1. The Hall–Kier alpha value is -1.44. The third-order valence-corrected chi connectivity index (χ3v) is 5.19. The number of morpholine rings is 1. The van der Waals surface area contributed by atoms with Crippen molar-refractivity contribution in [3.63, 3.8) is 0 Å². The molecule has 1 atom stereocenters. The molecule has 1 N–H and O–H groups in total. The summed E-state index contributed by atoms with van der Waals surface area (Å²) in [6.07, 6.45) is 0.542. The highest BCUT2D eigenvalue weighted by atomic mass is 16.5. The van der Waals surface area contributed by atoms with Gasteiger partial charge in [-0.05, 0) is 13.8 Å². The summed E-state index contributed by atoms with van der Waals surface area (Å²) in [5.74, 6) is 0.242. The number of ether oxygens (including phenoxy) is 1. The van der Waals surface area contributed by atoms with Crippen LogP contribution in [0.5, 0.6) is 0 Å². The highest BCUT2D eigenvalue weighted by Gasteiger charge is 2.25. The summed E-state index contributed by atoms with van der Waals surface area (Å²) in [6.45, 7) is 10.8. The molecule has 3 rings (SSSR count). The molecule has 0 radical (unpaired) electrons. The summed E-state index contributed by atoms with van der Waals surface area (Å²) >= 11 is 0. The Labute approximate surface area is 143 Å². The molecule has 3 heterocycles. The van der Waals surface area contributed by atoms with Crippen molar-refractivity contribution in [2.75, 3.05) is 45.9 Å². The van der Waals surface area contributed by atoms with E-state index in [2.05, 4.69) is 29.2 Å². The van der Waals surface area contributed by atoms with Gasteiger partial charge in [-0.25, -0.2) is 0 Å². The largest absolute Gasteiger partial charge is 0.378 e. The molecule has 7 nitrogen and oxygen atoms in total. The molecular weight excluding hydrogens is 306 g/mol. The predicted octanol–water partition coefficient (Wildman–Crippen LogP) is 0.0596. The summed E-state index contributed by atoms with van der Waals surface area (Å²) in [6, 6.07) is 0.171. The van der Waals surface area contributed by atoms with E-state index in [0.29, 0.717) is 13.0 Å². The van der Waals surface area contributed by atoms with Crippen molar-refractivity contribution >= 4 is 5.91 Å². The first-order chi connectivity index (χ1) is 11.5. The summed E-state index contributed by atoms with van der Waals surface area (Å²) < 4.78 is 7.38. The Morgan fingerprint density at radius 3 is 2.62 bits per heavy atom. The van der Waals surface area contributed by atoms with Crippen LogP contribution >= 0.6 is 0 Å². The first kappa shape index (κ1) is 17.4. The lowest BCUT2D eigenvalue weighted by atomic mass is 10.1. The number of amides is 1. The molecule has 0 aliphatic carbocycles. The Kier molecular flexibility index (Phi) is 5.53. The number of aromatic nitrogens is 2. The second-order valence-corrected chi connectivity index (χ2v) is 6.86. The van der Waals surface area contributed by atoms with E-state index in [9.17, 15) is 4.79 Å². The summed E-state index contributed by atoms with van der Waals surface area (Å²) in [4.78, 5) is 16.9. The second-order valence-electron chi connectivity index (χ2n) is 6.86. The van der Waals surface area contributed by atoms with Crippen molar-refractivity contribution in [2.24, 2.45) is 7.05 Å². The van der Waals surface area contributed by atoms with Crippen LogP contribution in [-0.2, 0) is 23.1 Å². The van der Waals surface area contributed by atoms with Crippen LogP contribution in [0.2, 0.25) is 0 Å². The first-order valence-corrected chi connectivity index (χ1v) is 8.85. The third-order valence-electron chi connectivity index (χ3n) is 5.19. The standard InChI is InChI=1S/C17H29N5O2/c1-13-16(14(2)20(3)19-13)11-21-5-7-22(8-6-21)17(23)10-15-12-24-9-4-18-15/h15,18H,4-12H2,1-3H3. The fourth-order valence-electron chi connectivity index (χ4n) is 3.52. The lowest BCUT2D eigenvalue weighted by Gasteiger charge is -2.36. The quantitative estimate of drug-likeness (QED) is 0.843. The minimum atomic E-state index is 0.171. The zero-order valence-corrected chi connectivity index (χ0v) is 15.0. The molecule has 1 aromatic heterocycles. The molecule has 2 saturated heterocycles. The van der Waals surface area contributed by atoms with Gasteiger partial charge in [0.1, 0.15) is 0 Å². The maximum absolute atomic E-state index is 12.4. The zero-order valence-electron chi connectivity index (χ0n) is 15.0. The van der Waals surface area contributed by atoms with Crippen LogP contribution in [0, 0.1) is 13.8 Å². The average Bonchev–Trinajstić information content (AvgIpc) is 2.83. The van der Waals surface area contributed by atoms with Crippen LogP contribution in [0.3, 0.4) is 0 Å². The van der Waals surface area contributed by atoms with Crippen LogP contribution < -0.4 is 5.32 Å². The van der Waals surface area contributed by atoms with Gasteiger partial charge in [-0.1, -0.05) is 0 Å². The molecule has 7 heteroatoms. The number of carbonyl (C=O) groups excluding carboxylic acids is 1. The van der Waals surface area contributed by atoms with Gasteiger partial charge in [-0.2, -0.15) is 5.10 Å². The minimum absolute atomic E-state index is 0.171. The lowest BCUT2D eigenvalue weighted by Crippen LogP contribution is -2.51. The monoisotopic (exact) mass is 335 g/mol. The Morgan fingerprint density at radius 2 is 2.04 bits per heavy atom. The number of hydrogen-bond acceptors (Lipinski definition) is 5. The molecule has 1 unspecified atom stereocenters. The SMILES string of the molecule is Cc1nn(C)c(C)c1CN1CCN(C(=O)CC2COCCN2)CC1. The van der Waals surface area contributed by atoms with Crippen molar-refractivity contribution in [3.05, 3.63) is 17.0 Å². The van der Waals surface area contributed by atoms with Gasteiger partial charge in [0.15, 0.2) is 0 Å². The van der Waals surface area contributed by atoms with Gasteiger partial charge < -0.3 is 15.0 Å². The Balaban J connectivity index is 1.47. The topological polar surface area (TPSA) is 62.6 Å². The van der Waals surface area contributed by atoms with Crippen molar-refractivity contribution in [1.82, 2.24) is 24.9 Å². The normalized spacial score (nSPS) is 22.8. The molecule has 1 amide bonds. The van der Waals surface area contributed by atoms with E-state index < -0.39 is 0 Å². The van der Waals surface area contributed by atoms with Gasteiger partial charge in [0.05, 0.1) is 18.9 Å². The van der Waals surface area contributed by atoms with E-state index in [4.69, 9.17) is 4.74 Å². The summed E-state index contributed by atoms with van der Waals surface area (Å²) in [7, 11) is 1.99. The first-order valence-electron chi connectivity index (χ1n) is 8.85. The van der Waals surface area contributed by atoms with Gasteiger partial charge in [0.25, 0.3) is 0 Å². The maximum Gasteiger partial charge on any atom is 0.224 e. The van der Waals surface area contributed by atoms with Crippen LogP contribution in [-0.4, -0.2) is 77.5 Å².